The highest BCUT2D eigenvalue weighted by molar-refractivity contribution is 6.32. The Labute approximate surface area is 238 Å². The van der Waals surface area contributed by atoms with Crippen LogP contribution in [0.1, 0.15) is 67.3 Å². The summed E-state index contributed by atoms with van der Waals surface area (Å²) in [6.07, 6.45) is 5.91. The van der Waals surface area contributed by atoms with Crippen molar-refractivity contribution in [2.75, 3.05) is 18.1 Å². The van der Waals surface area contributed by atoms with Crippen LogP contribution in [-0.4, -0.2) is 31.1 Å². The SMILES string of the molecule is CCOC(=O)C1CCOc2cc(Oc3ccc(C(=O)N(c4ccc(Cl)cc4)C4CCCCC4)cc3)c(Cl)cc21. The maximum absolute atomic E-state index is 13.7. The average molecular weight is 568 g/mol. The van der Waals surface area contributed by atoms with Crippen molar-refractivity contribution < 1.29 is 23.8 Å². The molecule has 1 saturated carbocycles. The van der Waals surface area contributed by atoms with E-state index in [4.69, 9.17) is 37.4 Å². The van der Waals surface area contributed by atoms with Gasteiger partial charge in [0.1, 0.15) is 17.2 Å². The summed E-state index contributed by atoms with van der Waals surface area (Å²) in [5, 5.41) is 0.999. The van der Waals surface area contributed by atoms with E-state index in [2.05, 4.69) is 0 Å². The maximum atomic E-state index is 13.7. The van der Waals surface area contributed by atoms with Gasteiger partial charge in [0.15, 0.2) is 0 Å². The van der Waals surface area contributed by atoms with E-state index < -0.39 is 5.92 Å². The summed E-state index contributed by atoms with van der Waals surface area (Å²) >= 11 is 12.7. The van der Waals surface area contributed by atoms with Gasteiger partial charge in [0.25, 0.3) is 5.91 Å². The molecule has 1 aliphatic carbocycles. The van der Waals surface area contributed by atoms with Gasteiger partial charge in [-0.1, -0.05) is 42.5 Å². The molecule has 1 atom stereocenters. The first kappa shape index (κ1) is 27.4. The zero-order valence-electron chi connectivity index (χ0n) is 21.8. The molecule has 0 radical (unpaired) electrons. The van der Waals surface area contributed by atoms with Crippen molar-refractivity contribution in [2.24, 2.45) is 0 Å². The minimum absolute atomic E-state index is 0.0546. The normalized spacial score (nSPS) is 17.1. The van der Waals surface area contributed by atoms with Crippen molar-refractivity contribution in [3.63, 3.8) is 0 Å². The van der Waals surface area contributed by atoms with Crippen LogP contribution in [0.5, 0.6) is 17.2 Å². The fourth-order valence-corrected chi connectivity index (χ4v) is 5.66. The predicted molar refractivity (Wildman–Crippen MR) is 153 cm³/mol. The van der Waals surface area contributed by atoms with Gasteiger partial charge in [-0.15, -0.1) is 0 Å². The highest BCUT2D eigenvalue weighted by Crippen LogP contribution is 2.42. The quantitative estimate of drug-likeness (QED) is 0.269. The molecule has 5 rings (SSSR count). The monoisotopic (exact) mass is 567 g/mol. The molecule has 6 nitrogen and oxygen atoms in total. The van der Waals surface area contributed by atoms with E-state index in [1.54, 1.807) is 43.3 Å². The Morgan fingerprint density at radius 1 is 0.949 bits per heavy atom. The van der Waals surface area contributed by atoms with Gasteiger partial charge < -0.3 is 19.1 Å². The van der Waals surface area contributed by atoms with Crippen LogP contribution in [0.4, 0.5) is 5.69 Å². The summed E-state index contributed by atoms with van der Waals surface area (Å²) in [7, 11) is 0. The first-order valence-electron chi connectivity index (χ1n) is 13.4. The third-order valence-corrected chi connectivity index (χ3v) is 7.81. The van der Waals surface area contributed by atoms with Crippen LogP contribution < -0.4 is 14.4 Å². The second-order valence-corrected chi connectivity index (χ2v) is 10.7. The number of hydrogen-bond acceptors (Lipinski definition) is 5. The standard InChI is InChI=1S/C31H31Cl2NO5/c1-2-37-31(36)25-16-17-38-28-19-29(27(33)18-26(25)28)39-24-14-8-20(9-15-24)30(35)34(22-6-4-3-5-7-22)23-12-10-21(32)11-13-23/h8-15,18-19,22,25H,2-7,16-17H2,1H3. The number of anilines is 1. The van der Waals surface area contributed by atoms with Crippen LogP contribution in [0.3, 0.4) is 0 Å². The highest BCUT2D eigenvalue weighted by atomic mass is 35.5. The molecule has 39 heavy (non-hydrogen) atoms. The van der Waals surface area contributed by atoms with Crippen LogP contribution in [-0.2, 0) is 9.53 Å². The molecule has 0 aromatic heterocycles. The van der Waals surface area contributed by atoms with Crippen molar-refractivity contribution >= 4 is 40.8 Å². The minimum atomic E-state index is -0.418. The molecule has 1 amide bonds. The molecular weight excluding hydrogens is 537 g/mol. The lowest BCUT2D eigenvalue weighted by atomic mass is 9.93. The number of esters is 1. The van der Waals surface area contributed by atoms with Gasteiger partial charge >= 0.3 is 5.97 Å². The topological polar surface area (TPSA) is 65.1 Å². The lowest BCUT2D eigenvalue weighted by Crippen LogP contribution is -2.41. The molecule has 0 spiro atoms. The number of ether oxygens (including phenoxy) is 3. The minimum Gasteiger partial charge on any atom is -0.493 e. The van der Waals surface area contributed by atoms with Gasteiger partial charge in [-0.25, -0.2) is 0 Å². The van der Waals surface area contributed by atoms with E-state index in [0.717, 1.165) is 31.4 Å². The summed E-state index contributed by atoms with van der Waals surface area (Å²) in [5.74, 6) is 0.731. The Hall–Kier alpha value is -3.22. The third-order valence-electron chi connectivity index (χ3n) is 7.27. The number of carbonyl (C=O) groups is 2. The molecule has 3 aromatic rings. The number of benzene rings is 3. The van der Waals surface area contributed by atoms with Gasteiger partial charge in [-0.05, 0) is 80.8 Å². The number of carbonyl (C=O) groups excluding carboxylic acids is 2. The number of hydrogen-bond donors (Lipinski definition) is 0. The molecule has 1 fully saturated rings. The summed E-state index contributed by atoms with van der Waals surface area (Å²) < 4.78 is 17.1. The number of nitrogens with zero attached hydrogens (tertiary/aromatic N) is 1. The van der Waals surface area contributed by atoms with Crippen molar-refractivity contribution in [1.29, 1.82) is 0 Å². The predicted octanol–water partition coefficient (Wildman–Crippen LogP) is 8.19. The number of halogens is 2. The average Bonchev–Trinajstić information content (AvgIpc) is 2.95. The molecule has 8 heteroatoms. The summed E-state index contributed by atoms with van der Waals surface area (Å²) in [4.78, 5) is 28.0. The Kier molecular flexibility index (Phi) is 8.63. The zero-order chi connectivity index (χ0) is 27.4. The van der Waals surface area contributed by atoms with E-state index in [9.17, 15) is 9.59 Å². The Balaban J connectivity index is 1.35. The third kappa shape index (κ3) is 6.18. The van der Waals surface area contributed by atoms with Crippen molar-refractivity contribution in [2.45, 2.75) is 57.4 Å². The fourth-order valence-electron chi connectivity index (χ4n) is 5.32. The van der Waals surface area contributed by atoms with Gasteiger partial charge in [-0.3, -0.25) is 9.59 Å². The first-order valence-corrected chi connectivity index (χ1v) is 14.2. The smallest absolute Gasteiger partial charge is 0.313 e. The van der Waals surface area contributed by atoms with Crippen LogP contribution in [0, 0.1) is 0 Å². The van der Waals surface area contributed by atoms with Crippen LogP contribution in [0.25, 0.3) is 0 Å². The summed E-state index contributed by atoms with van der Waals surface area (Å²) in [6, 6.07) is 18.0. The Morgan fingerprint density at radius 2 is 1.67 bits per heavy atom. The zero-order valence-corrected chi connectivity index (χ0v) is 23.3. The molecule has 204 valence electrons. The van der Waals surface area contributed by atoms with Gasteiger partial charge in [0, 0.05) is 33.9 Å². The van der Waals surface area contributed by atoms with E-state index in [-0.39, 0.29) is 17.9 Å². The molecule has 1 heterocycles. The Bertz CT molecular complexity index is 1320. The van der Waals surface area contributed by atoms with E-state index in [1.165, 1.54) is 6.42 Å². The van der Waals surface area contributed by atoms with E-state index >= 15 is 0 Å². The van der Waals surface area contributed by atoms with Crippen LogP contribution in [0.15, 0.2) is 60.7 Å². The second kappa shape index (κ2) is 12.3. The second-order valence-electron chi connectivity index (χ2n) is 9.83. The molecule has 3 aromatic carbocycles. The molecule has 0 bridgehead atoms. The van der Waals surface area contributed by atoms with Crippen molar-refractivity contribution in [1.82, 2.24) is 0 Å². The molecule has 0 saturated heterocycles. The van der Waals surface area contributed by atoms with Gasteiger partial charge in [0.05, 0.1) is 24.2 Å². The molecule has 1 unspecified atom stereocenters. The van der Waals surface area contributed by atoms with E-state index in [1.807, 2.05) is 29.2 Å². The van der Waals surface area contributed by atoms with Gasteiger partial charge in [0.2, 0.25) is 0 Å². The maximum Gasteiger partial charge on any atom is 0.313 e. The summed E-state index contributed by atoms with van der Waals surface area (Å²) in [5.41, 5.74) is 2.11. The number of rotatable bonds is 7. The first-order chi connectivity index (χ1) is 18.9. The lowest BCUT2D eigenvalue weighted by molar-refractivity contribution is -0.145. The molecule has 2 aliphatic rings. The van der Waals surface area contributed by atoms with Crippen LogP contribution in [0.2, 0.25) is 10.0 Å². The summed E-state index contributed by atoms with van der Waals surface area (Å²) in [6.45, 7) is 2.50. The lowest BCUT2D eigenvalue weighted by Gasteiger charge is -2.34. The molecular formula is C31H31Cl2NO5. The number of fused-ring (bicyclic) bond motifs is 1. The largest absolute Gasteiger partial charge is 0.493 e. The molecule has 0 N–H and O–H groups in total. The highest BCUT2D eigenvalue weighted by Gasteiger charge is 2.31. The van der Waals surface area contributed by atoms with E-state index in [0.29, 0.717) is 58.1 Å². The number of amides is 1. The molecule has 1 aliphatic heterocycles. The van der Waals surface area contributed by atoms with Crippen molar-refractivity contribution in [3.05, 3.63) is 81.8 Å². The van der Waals surface area contributed by atoms with Crippen LogP contribution >= 0.6 is 23.2 Å². The fraction of sp³-hybridized carbons (Fsp3) is 0.355. The van der Waals surface area contributed by atoms with Crippen molar-refractivity contribution in [3.8, 4) is 17.2 Å². The van der Waals surface area contributed by atoms with Gasteiger partial charge in [-0.2, -0.15) is 0 Å². The Morgan fingerprint density at radius 3 is 2.36 bits per heavy atom.